The summed E-state index contributed by atoms with van der Waals surface area (Å²) in [6.07, 6.45) is -3.59. The van der Waals surface area contributed by atoms with Crippen LogP contribution in [0.4, 0.5) is 13.2 Å². The second kappa shape index (κ2) is 2.91. The first-order valence-corrected chi connectivity index (χ1v) is 4.19. The monoisotopic (exact) mass is 181 g/mol. The average Bonchev–Trinajstić information content (AvgIpc) is 2.60. The molecule has 72 valence electrons. The van der Waals surface area contributed by atoms with Gasteiger partial charge in [-0.15, -0.1) is 0 Å². The zero-order valence-corrected chi connectivity index (χ0v) is 7.33. The fraction of sp³-hybridized carbons (Fsp3) is 1.00. The van der Waals surface area contributed by atoms with Gasteiger partial charge in [0.1, 0.15) is 5.54 Å². The lowest BCUT2D eigenvalue weighted by atomic mass is 10.2. The molecule has 0 amide bonds. The highest BCUT2D eigenvalue weighted by atomic mass is 19.4. The molecule has 0 bridgehead atoms. The third-order valence-corrected chi connectivity index (χ3v) is 2.14. The van der Waals surface area contributed by atoms with E-state index in [0.29, 0.717) is 6.54 Å². The third-order valence-electron chi connectivity index (χ3n) is 2.14. The smallest absolute Gasteiger partial charge is 0.303 e. The van der Waals surface area contributed by atoms with E-state index in [9.17, 15) is 13.2 Å². The van der Waals surface area contributed by atoms with Gasteiger partial charge in [-0.1, -0.05) is 13.8 Å². The molecule has 0 atom stereocenters. The zero-order valence-electron chi connectivity index (χ0n) is 7.33. The Morgan fingerprint density at radius 3 is 2.08 bits per heavy atom. The third kappa shape index (κ3) is 1.91. The van der Waals surface area contributed by atoms with Crippen molar-refractivity contribution in [1.29, 1.82) is 0 Å². The van der Waals surface area contributed by atoms with Gasteiger partial charge in [-0.3, -0.25) is 0 Å². The molecule has 0 unspecified atom stereocenters. The van der Waals surface area contributed by atoms with Crippen LogP contribution >= 0.6 is 0 Å². The van der Waals surface area contributed by atoms with Crippen molar-refractivity contribution in [3.8, 4) is 0 Å². The summed E-state index contributed by atoms with van der Waals surface area (Å²) in [7, 11) is 0. The van der Waals surface area contributed by atoms with Crippen molar-refractivity contribution in [1.82, 2.24) is 5.32 Å². The second-order valence-corrected chi connectivity index (χ2v) is 3.85. The SMILES string of the molecule is CC(C)CNC1(C(F)(F)F)CC1. The Labute approximate surface area is 70.3 Å². The molecular weight excluding hydrogens is 167 g/mol. The number of rotatable bonds is 3. The van der Waals surface area contributed by atoms with E-state index in [-0.39, 0.29) is 18.8 Å². The van der Waals surface area contributed by atoms with Gasteiger partial charge >= 0.3 is 6.18 Å². The molecule has 1 N–H and O–H groups in total. The molecular formula is C8H14F3N. The molecule has 12 heavy (non-hydrogen) atoms. The quantitative estimate of drug-likeness (QED) is 0.704. The van der Waals surface area contributed by atoms with Crippen LogP contribution in [0.2, 0.25) is 0 Å². The molecule has 0 aliphatic heterocycles. The minimum absolute atomic E-state index is 0.239. The molecule has 1 rings (SSSR count). The van der Waals surface area contributed by atoms with Crippen molar-refractivity contribution in [3.63, 3.8) is 0 Å². The maximum absolute atomic E-state index is 12.3. The van der Waals surface area contributed by atoms with Crippen LogP contribution in [0.3, 0.4) is 0 Å². The Morgan fingerprint density at radius 1 is 1.33 bits per heavy atom. The standard InChI is InChI=1S/C8H14F3N/c1-6(2)5-12-7(3-4-7)8(9,10)11/h6,12H,3-5H2,1-2H3. The molecule has 0 aromatic carbocycles. The number of nitrogens with one attached hydrogen (secondary N) is 1. The molecule has 1 aliphatic carbocycles. The van der Waals surface area contributed by atoms with Gasteiger partial charge in [-0.2, -0.15) is 13.2 Å². The normalized spacial score (nSPS) is 21.5. The Balaban J connectivity index is 2.40. The van der Waals surface area contributed by atoms with Crippen LogP contribution < -0.4 is 5.32 Å². The molecule has 0 saturated heterocycles. The molecule has 0 radical (unpaired) electrons. The van der Waals surface area contributed by atoms with Crippen LogP contribution in [0.15, 0.2) is 0 Å². The van der Waals surface area contributed by atoms with Crippen molar-refractivity contribution < 1.29 is 13.2 Å². The van der Waals surface area contributed by atoms with Gasteiger partial charge in [0.25, 0.3) is 0 Å². The molecule has 1 nitrogen and oxygen atoms in total. The molecule has 4 heteroatoms. The molecule has 0 heterocycles. The van der Waals surface area contributed by atoms with Gasteiger partial charge in [-0.25, -0.2) is 0 Å². The first kappa shape index (κ1) is 9.84. The van der Waals surface area contributed by atoms with E-state index in [1.807, 2.05) is 13.8 Å². The van der Waals surface area contributed by atoms with E-state index in [1.165, 1.54) is 0 Å². The molecule has 0 aromatic heterocycles. The van der Waals surface area contributed by atoms with E-state index in [1.54, 1.807) is 0 Å². The minimum atomic E-state index is -4.07. The summed E-state index contributed by atoms with van der Waals surface area (Å²) in [5.74, 6) is 0.268. The largest absolute Gasteiger partial charge is 0.406 e. The van der Waals surface area contributed by atoms with Gasteiger partial charge in [0.05, 0.1) is 0 Å². The summed E-state index contributed by atoms with van der Waals surface area (Å²) in [4.78, 5) is 0. The van der Waals surface area contributed by atoms with Crippen molar-refractivity contribution in [2.24, 2.45) is 5.92 Å². The van der Waals surface area contributed by atoms with Crippen molar-refractivity contribution >= 4 is 0 Å². The summed E-state index contributed by atoms with van der Waals surface area (Å²) in [6, 6.07) is 0. The van der Waals surface area contributed by atoms with Crippen LogP contribution in [0.25, 0.3) is 0 Å². The second-order valence-electron chi connectivity index (χ2n) is 3.85. The summed E-state index contributed by atoms with van der Waals surface area (Å²) in [5, 5.41) is 2.58. The molecule has 1 fully saturated rings. The number of hydrogen-bond donors (Lipinski definition) is 1. The van der Waals surface area contributed by atoms with Crippen molar-refractivity contribution in [3.05, 3.63) is 0 Å². The lowest BCUT2D eigenvalue weighted by molar-refractivity contribution is -0.166. The summed E-state index contributed by atoms with van der Waals surface area (Å²) in [5.41, 5.74) is -1.53. The van der Waals surface area contributed by atoms with Gasteiger partial charge < -0.3 is 5.32 Å². The van der Waals surface area contributed by atoms with Crippen LogP contribution in [0.1, 0.15) is 26.7 Å². The van der Waals surface area contributed by atoms with E-state index in [4.69, 9.17) is 0 Å². The molecule has 0 spiro atoms. The summed E-state index contributed by atoms with van der Waals surface area (Å²) >= 11 is 0. The van der Waals surface area contributed by atoms with Gasteiger partial charge in [0, 0.05) is 0 Å². The highest BCUT2D eigenvalue weighted by Crippen LogP contribution is 2.48. The van der Waals surface area contributed by atoms with Crippen LogP contribution in [-0.4, -0.2) is 18.3 Å². The van der Waals surface area contributed by atoms with E-state index in [0.717, 1.165) is 0 Å². The highest BCUT2D eigenvalue weighted by molar-refractivity contribution is 5.07. The van der Waals surface area contributed by atoms with Crippen molar-refractivity contribution in [2.75, 3.05) is 6.54 Å². The maximum Gasteiger partial charge on any atom is 0.406 e. The predicted molar refractivity (Wildman–Crippen MR) is 40.9 cm³/mol. The maximum atomic E-state index is 12.3. The van der Waals surface area contributed by atoms with Crippen LogP contribution in [0, 0.1) is 5.92 Å². The van der Waals surface area contributed by atoms with Crippen molar-refractivity contribution in [2.45, 2.75) is 38.4 Å². The lowest BCUT2D eigenvalue weighted by Crippen LogP contribution is -2.46. The van der Waals surface area contributed by atoms with E-state index < -0.39 is 11.7 Å². The Kier molecular flexibility index (Phi) is 2.38. The van der Waals surface area contributed by atoms with E-state index in [2.05, 4.69) is 5.32 Å². The Morgan fingerprint density at radius 2 is 1.83 bits per heavy atom. The summed E-state index contributed by atoms with van der Waals surface area (Å²) < 4.78 is 36.9. The molecule has 1 aliphatic rings. The van der Waals surface area contributed by atoms with E-state index >= 15 is 0 Å². The highest BCUT2D eigenvalue weighted by Gasteiger charge is 2.62. The first-order chi connectivity index (χ1) is 5.37. The average molecular weight is 181 g/mol. The molecule has 1 saturated carbocycles. The Hall–Kier alpha value is -0.250. The predicted octanol–water partition coefficient (Wildman–Crippen LogP) is 2.33. The zero-order chi connectivity index (χ0) is 9.41. The fourth-order valence-corrected chi connectivity index (χ4v) is 1.08. The Bertz CT molecular complexity index is 158. The van der Waals surface area contributed by atoms with Crippen LogP contribution in [-0.2, 0) is 0 Å². The topological polar surface area (TPSA) is 12.0 Å². The fourth-order valence-electron chi connectivity index (χ4n) is 1.08. The van der Waals surface area contributed by atoms with Crippen LogP contribution in [0.5, 0.6) is 0 Å². The van der Waals surface area contributed by atoms with Gasteiger partial charge in [-0.05, 0) is 25.3 Å². The summed E-state index contributed by atoms with van der Waals surface area (Å²) in [6.45, 7) is 4.25. The number of halogens is 3. The lowest BCUT2D eigenvalue weighted by Gasteiger charge is -2.21. The van der Waals surface area contributed by atoms with Gasteiger partial charge in [0.2, 0.25) is 0 Å². The number of hydrogen-bond acceptors (Lipinski definition) is 1. The van der Waals surface area contributed by atoms with Gasteiger partial charge in [0.15, 0.2) is 0 Å². The minimum Gasteiger partial charge on any atom is -0.303 e. The first-order valence-electron chi connectivity index (χ1n) is 4.19. The number of alkyl halides is 3. The molecule has 0 aromatic rings.